The van der Waals surface area contributed by atoms with Gasteiger partial charge in [-0.15, -0.1) is 0 Å². The molecule has 1 saturated heterocycles. The fraction of sp³-hybridized carbons (Fsp3) is 0.294. The molecule has 4 rings (SSSR count). The predicted octanol–water partition coefficient (Wildman–Crippen LogP) is 2.46. The number of aliphatic hydroxyl groups is 1. The summed E-state index contributed by atoms with van der Waals surface area (Å²) in [4.78, 5) is 22.9. The summed E-state index contributed by atoms with van der Waals surface area (Å²) in [5.74, 6) is 1.41. The van der Waals surface area contributed by atoms with Gasteiger partial charge < -0.3 is 14.7 Å². The Morgan fingerprint density at radius 2 is 2.33 bits per heavy atom. The van der Waals surface area contributed by atoms with E-state index in [-0.39, 0.29) is 12.6 Å². The molecule has 0 bridgehead atoms. The number of carbonyl (C=O) groups is 1. The Morgan fingerprint density at radius 3 is 3.11 bits per heavy atom. The van der Waals surface area contributed by atoms with Gasteiger partial charge in [0.15, 0.2) is 11.4 Å². The zero-order chi connectivity index (χ0) is 18.8. The van der Waals surface area contributed by atoms with Gasteiger partial charge in [-0.05, 0) is 40.9 Å². The van der Waals surface area contributed by atoms with Crippen LogP contribution < -0.4 is 15.0 Å². The zero-order valence-electron chi connectivity index (χ0n) is 14.2. The molecule has 1 unspecified atom stereocenters. The second kappa shape index (κ2) is 7.49. The molecule has 0 aromatic carbocycles. The molecule has 27 heavy (non-hydrogen) atoms. The van der Waals surface area contributed by atoms with Crippen molar-refractivity contribution in [3.05, 3.63) is 41.3 Å². The maximum atomic E-state index is 12.3. The molecule has 0 spiro atoms. The lowest BCUT2D eigenvalue weighted by molar-refractivity contribution is 0.215. The highest BCUT2D eigenvalue weighted by Gasteiger charge is 2.26. The van der Waals surface area contributed by atoms with Gasteiger partial charge in [-0.3, -0.25) is 10.3 Å². The first-order valence-corrected chi connectivity index (χ1v) is 9.25. The Kier molecular flexibility index (Phi) is 4.90. The topological polar surface area (TPSA) is 105 Å². The first-order valence-electron chi connectivity index (χ1n) is 8.46. The molecule has 140 valence electrons. The minimum Gasteiger partial charge on any atom is -0.408 e. The quantitative estimate of drug-likeness (QED) is 0.651. The van der Waals surface area contributed by atoms with Gasteiger partial charge in [-0.1, -0.05) is 0 Å². The van der Waals surface area contributed by atoms with Crippen LogP contribution >= 0.6 is 15.9 Å². The standard InChI is InChI=1S/C17H17BrN6O3/c18-13-9-20-24-15(22-17(26)27-12-4-1-5-19-8-12)7-14(21-16(13)24)23-6-2-3-11(23)10-25/h1,4-5,7-9,11,25H,2-3,6,10H2,(H,22,26). The number of carbonyl (C=O) groups excluding carboxylic acids is 1. The van der Waals surface area contributed by atoms with Crippen molar-refractivity contribution < 1.29 is 14.6 Å². The molecule has 3 aromatic heterocycles. The maximum absolute atomic E-state index is 12.3. The number of hydrogen-bond acceptors (Lipinski definition) is 7. The van der Waals surface area contributed by atoms with Crippen LogP contribution in [0.3, 0.4) is 0 Å². The van der Waals surface area contributed by atoms with Crippen molar-refractivity contribution in [2.45, 2.75) is 18.9 Å². The second-order valence-electron chi connectivity index (χ2n) is 6.10. The highest BCUT2D eigenvalue weighted by Crippen LogP contribution is 2.29. The third-order valence-corrected chi connectivity index (χ3v) is 4.93. The molecular formula is C17H17BrN6O3. The number of fused-ring (bicyclic) bond motifs is 1. The zero-order valence-corrected chi connectivity index (χ0v) is 15.8. The average Bonchev–Trinajstić information content (AvgIpc) is 3.29. The first-order chi connectivity index (χ1) is 13.2. The fourth-order valence-corrected chi connectivity index (χ4v) is 3.48. The second-order valence-corrected chi connectivity index (χ2v) is 6.96. The molecule has 1 aliphatic heterocycles. The molecule has 0 aliphatic carbocycles. The van der Waals surface area contributed by atoms with Crippen molar-refractivity contribution in [1.82, 2.24) is 19.6 Å². The van der Waals surface area contributed by atoms with E-state index in [9.17, 15) is 9.90 Å². The number of ether oxygens (including phenoxy) is 1. The summed E-state index contributed by atoms with van der Waals surface area (Å²) < 4.78 is 7.46. The highest BCUT2D eigenvalue weighted by molar-refractivity contribution is 9.10. The van der Waals surface area contributed by atoms with Gasteiger partial charge in [0.25, 0.3) is 0 Å². The van der Waals surface area contributed by atoms with E-state index in [4.69, 9.17) is 4.74 Å². The van der Waals surface area contributed by atoms with Crippen molar-refractivity contribution >= 4 is 39.3 Å². The number of pyridine rings is 1. The molecule has 0 radical (unpaired) electrons. The van der Waals surface area contributed by atoms with E-state index in [0.717, 1.165) is 19.4 Å². The smallest absolute Gasteiger partial charge is 0.408 e. The Bertz CT molecular complexity index is 964. The van der Waals surface area contributed by atoms with Crippen LogP contribution in [0.2, 0.25) is 0 Å². The monoisotopic (exact) mass is 432 g/mol. The normalized spacial score (nSPS) is 16.7. The van der Waals surface area contributed by atoms with Crippen LogP contribution in [-0.4, -0.2) is 50.0 Å². The Labute approximate surface area is 163 Å². The van der Waals surface area contributed by atoms with Crippen molar-refractivity contribution in [1.29, 1.82) is 0 Å². The SMILES string of the molecule is O=C(Nc1cc(N2CCCC2CO)nc2c(Br)cnn12)Oc1cccnc1. The van der Waals surface area contributed by atoms with Gasteiger partial charge in [0.2, 0.25) is 0 Å². The molecule has 1 atom stereocenters. The van der Waals surface area contributed by atoms with E-state index in [1.807, 2.05) is 4.90 Å². The van der Waals surface area contributed by atoms with Crippen LogP contribution in [-0.2, 0) is 0 Å². The van der Waals surface area contributed by atoms with Gasteiger partial charge in [0, 0.05) is 18.8 Å². The molecule has 3 aromatic rings. The molecule has 1 fully saturated rings. The minimum atomic E-state index is -0.659. The number of aromatic nitrogens is 4. The molecular weight excluding hydrogens is 416 g/mol. The molecule has 0 saturated carbocycles. The number of amides is 1. The predicted molar refractivity (Wildman–Crippen MR) is 102 cm³/mol. The largest absolute Gasteiger partial charge is 0.418 e. The molecule has 1 aliphatic rings. The highest BCUT2D eigenvalue weighted by atomic mass is 79.9. The lowest BCUT2D eigenvalue weighted by Gasteiger charge is -2.24. The van der Waals surface area contributed by atoms with E-state index < -0.39 is 6.09 Å². The molecule has 4 heterocycles. The molecule has 10 heteroatoms. The minimum absolute atomic E-state index is 0.0110. The lowest BCUT2D eigenvalue weighted by Crippen LogP contribution is -2.33. The van der Waals surface area contributed by atoms with Gasteiger partial charge in [-0.25, -0.2) is 9.78 Å². The number of nitrogens with one attached hydrogen (secondary N) is 1. The first kappa shape index (κ1) is 17.7. The van der Waals surface area contributed by atoms with Crippen LogP contribution in [0.15, 0.2) is 41.3 Å². The Hall–Kier alpha value is -2.72. The van der Waals surface area contributed by atoms with Crippen molar-refractivity contribution in [2.75, 3.05) is 23.4 Å². The van der Waals surface area contributed by atoms with E-state index in [1.54, 1.807) is 30.6 Å². The fourth-order valence-electron chi connectivity index (χ4n) is 3.13. The number of nitrogens with zero attached hydrogens (tertiary/aromatic N) is 5. The van der Waals surface area contributed by atoms with Crippen LogP contribution in [0.4, 0.5) is 16.4 Å². The Morgan fingerprint density at radius 1 is 1.44 bits per heavy atom. The summed E-state index contributed by atoms with van der Waals surface area (Å²) in [5, 5.41) is 16.6. The van der Waals surface area contributed by atoms with E-state index in [2.05, 4.69) is 36.3 Å². The number of anilines is 2. The third kappa shape index (κ3) is 3.58. The van der Waals surface area contributed by atoms with Crippen molar-refractivity contribution in [2.24, 2.45) is 0 Å². The average molecular weight is 433 g/mol. The van der Waals surface area contributed by atoms with E-state index in [0.29, 0.717) is 27.5 Å². The maximum Gasteiger partial charge on any atom is 0.418 e. The molecule has 9 nitrogen and oxygen atoms in total. The number of halogens is 1. The van der Waals surface area contributed by atoms with Gasteiger partial charge in [0.05, 0.1) is 29.5 Å². The molecule has 1 amide bonds. The van der Waals surface area contributed by atoms with Crippen LogP contribution in [0, 0.1) is 0 Å². The van der Waals surface area contributed by atoms with Crippen LogP contribution in [0.25, 0.3) is 5.65 Å². The Balaban J connectivity index is 1.65. The van der Waals surface area contributed by atoms with Crippen molar-refractivity contribution in [3.63, 3.8) is 0 Å². The summed E-state index contributed by atoms with van der Waals surface area (Å²) in [5.41, 5.74) is 0.563. The molecule has 2 N–H and O–H groups in total. The number of rotatable bonds is 4. The number of aliphatic hydroxyl groups excluding tert-OH is 1. The van der Waals surface area contributed by atoms with Gasteiger partial charge >= 0.3 is 6.09 Å². The van der Waals surface area contributed by atoms with Crippen molar-refractivity contribution in [3.8, 4) is 5.75 Å². The summed E-state index contributed by atoms with van der Waals surface area (Å²) >= 11 is 3.43. The summed E-state index contributed by atoms with van der Waals surface area (Å²) in [6.07, 6.45) is 5.87. The number of hydrogen-bond donors (Lipinski definition) is 2. The third-order valence-electron chi connectivity index (χ3n) is 4.37. The van der Waals surface area contributed by atoms with Gasteiger partial charge in [-0.2, -0.15) is 9.61 Å². The summed E-state index contributed by atoms with van der Waals surface area (Å²) in [7, 11) is 0. The summed E-state index contributed by atoms with van der Waals surface area (Å²) in [6, 6.07) is 5.06. The van der Waals surface area contributed by atoms with E-state index >= 15 is 0 Å². The van der Waals surface area contributed by atoms with Crippen LogP contribution in [0.5, 0.6) is 5.75 Å². The van der Waals surface area contributed by atoms with Gasteiger partial charge in [0.1, 0.15) is 11.6 Å². The van der Waals surface area contributed by atoms with E-state index in [1.165, 1.54) is 10.7 Å². The van der Waals surface area contributed by atoms with Crippen LogP contribution in [0.1, 0.15) is 12.8 Å². The summed E-state index contributed by atoms with van der Waals surface area (Å²) in [6.45, 7) is 0.846. The lowest BCUT2D eigenvalue weighted by atomic mass is 10.2.